The number of carbonyl (C=O) groups is 1. The molecule has 3 nitrogen and oxygen atoms in total. The van der Waals surface area contributed by atoms with Crippen molar-refractivity contribution in [3.05, 3.63) is 23.0 Å². The van der Waals surface area contributed by atoms with Crippen LogP contribution >= 0.6 is 0 Å². The van der Waals surface area contributed by atoms with Crippen LogP contribution in [0.25, 0.3) is 0 Å². The number of hydrogen-bond donors (Lipinski definition) is 0. The third-order valence-corrected chi connectivity index (χ3v) is 4.09. The quantitative estimate of drug-likeness (QED) is 0.410. The summed E-state index contributed by atoms with van der Waals surface area (Å²) in [6.45, 7) is 6.88. The smallest absolute Gasteiger partial charge is 0.316 e. The van der Waals surface area contributed by atoms with Crippen molar-refractivity contribution in [3.63, 3.8) is 0 Å². The Kier molecular flexibility index (Phi) is 7.62. The largest absolute Gasteiger partial charge is 0.497 e. The highest BCUT2D eigenvalue weighted by atomic mass is 16.5. The lowest BCUT2D eigenvalue weighted by Gasteiger charge is -2.21. The molecule has 0 aromatic rings. The average molecular weight is 292 g/mol. The van der Waals surface area contributed by atoms with Crippen molar-refractivity contribution in [1.29, 1.82) is 0 Å². The van der Waals surface area contributed by atoms with Gasteiger partial charge < -0.3 is 9.47 Å². The van der Waals surface area contributed by atoms with Crippen LogP contribution in [-0.2, 0) is 14.3 Å². The Hall–Kier alpha value is -1.19. The van der Waals surface area contributed by atoms with E-state index in [1.54, 1.807) is 0 Å². The van der Waals surface area contributed by atoms with Crippen LogP contribution < -0.4 is 0 Å². The first-order valence-corrected chi connectivity index (χ1v) is 8.12. The molecule has 1 atom stereocenters. The Labute approximate surface area is 130 Å². The van der Waals surface area contributed by atoms with Crippen molar-refractivity contribution in [2.75, 3.05) is 13.7 Å². The Morgan fingerprint density at radius 1 is 1.43 bits per heavy atom. The fourth-order valence-corrected chi connectivity index (χ4v) is 2.69. The summed E-state index contributed by atoms with van der Waals surface area (Å²) in [7, 11) is 3.66. The molecule has 1 aliphatic rings. The fourth-order valence-electron chi connectivity index (χ4n) is 2.69. The van der Waals surface area contributed by atoms with Crippen LogP contribution in [0.2, 0.25) is 6.32 Å². The SMILES string of the molecule is BCCCCC1=C(C)CCOC(C(C(=O)OC)C(C)C)=C1. The van der Waals surface area contributed by atoms with E-state index in [-0.39, 0.29) is 17.8 Å². The van der Waals surface area contributed by atoms with Crippen LogP contribution in [0.5, 0.6) is 0 Å². The first kappa shape index (κ1) is 17.9. The molecule has 1 aliphatic heterocycles. The summed E-state index contributed by atoms with van der Waals surface area (Å²) < 4.78 is 10.8. The molecule has 0 aromatic carbocycles. The van der Waals surface area contributed by atoms with Crippen LogP contribution in [0.4, 0.5) is 0 Å². The number of allylic oxidation sites excluding steroid dienone is 2. The number of unbranched alkanes of at least 4 members (excludes halogenated alkanes) is 1. The van der Waals surface area contributed by atoms with Crippen molar-refractivity contribution >= 4 is 13.8 Å². The molecule has 0 radical (unpaired) electrons. The maximum Gasteiger partial charge on any atom is 0.316 e. The lowest BCUT2D eigenvalue weighted by Crippen LogP contribution is -2.25. The average Bonchev–Trinajstić information content (AvgIpc) is 2.61. The third kappa shape index (κ3) is 5.26. The minimum absolute atomic E-state index is 0.166. The standard InChI is InChI=1S/C17H29BO3/c1-12(2)16(17(19)20-4)15-11-14(7-5-6-9-18)13(3)8-10-21-15/h11-12,16H,5-10,18H2,1-4H3. The first-order chi connectivity index (χ1) is 10.0. The second-order valence-corrected chi connectivity index (χ2v) is 6.15. The number of esters is 1. The lowest BCUT2D eigenvalue weighted by molar-refractivity contribution is -0.146. The zero-order valence-electron chi connectivity index (χ0n) is 14.2. The second-order valence-electron chi connectivity index (χ2n) is 6.15. The van der Waals surface area contributed by atoms with E-state index >= 15 is 0 Å². The van der Waals surface area contributed by atoms with Gasteiger partial charge in [-0.05, 0) is 37.3 Å². The molecule has 1 rings (SSSR count). The summed E-state index contributed by atoms with van der Waals surface area (Å²) in [5, 5.41) is 0. The number of rotatable bonds is 7. The zero-order chi connectivity index (χ0) is 15.8. The topological polar surface area (TPSA) is 35.5 Å². The number of ether oxygens (including phenoxy) is 2. The van der Waals surface area contributed by atoms with Gasteiger partial charge in [0.05, 0.1) is 13.7 Å². The number of methoxy groups -OCH3 is 1. The van der Waals surface area contributed by atoms with E-state index < -0.39 is 0 Å². The Balaban J connectivity index is 2.98. The molecule has 1 unspecified atom stereocenters. The molecule has 0 saturated heterocycles. The molecule has 0 N–H and O–H groups in total. The van der Waals surface area contributed by atoms with Gasteiger partial charge in [-0.1, -0.05) is 32.2 Å². The molecule has 0 aromatic heterocycles. The molecular formula is C17H29BO3. The van der Waals surface area contributed by atoms with E-state index in [2.05, 4.69) is 20.8 Å². The minimum atomic E-state index is -0.304. The van der Waals surface area contributed by atoms with Gasteiger partial charge in [0.2, 0.25) is 0 Å². The summed E-state index contributed by atoms with van der Waals surface area (Å²) in [5.41, 5.74) is 2.72. The summed E-state index contributed by atoms with van der Waals surface area (Å²) in [6.07, 6.45) is 7.75. The van der Waals surface area contributed by atoms with Crippen molar-refractivity contribution in [3.8, 4) is 0 Å². The highest BCUT2D eigenvalue weighted by molar-refractivity contribution is 6.08. The van der Waals surface area contributed by atoms with Crippen molar-refractivity contribution in [2.24, 2.45) is 11.8 Å². The van der Waals surface area contributed by atoms with E-state index in [0.29, 0.717) is 6.61 Å². The molecule has 0 spiro atoms. The highest BCUT2D eigenvalue weighted by Crippen LogP contribution is 2.30. The number of carbonyl (C=O) groups excluding carboxylic acids is 1. The Morgan fingerprint density at radius 3 is 2.71 bits per heavy atom. The van der Waals surface area contributed by atoms with Crippen LogP contribution in [0.15, 0.2) is 23.0 Å². The van der Waals surface area contributed by atoms with E-state index in [4.69, 9.17) is 9.47 Å². The van der Waals surface area contributed by atoms with Gasteiger partial charge in [0.1, 0.15) is 19.5 Å². The Morgan fingerprint density at radius 2 is 2.14 bits per heavy atom. The molecule has 1 heterocycles. The van der Waals surface area contributed by atoms with E-state index in [0.717, 1.165) is 18.6 Å². The van der Waals surface area contributed by atoms with Crippen molar-refractivity contribution in [2.45, 2.75) is 52.8 Å². The van der Waals surface area contributed by atoms with Gasteiger partial charge in [-0.15, -0.1) is 0 Å². The minimum Gasteiger partial charge on any atom is -0.497 e. The molecule has 118 valence electrons. The predicted octanol–water partition coefficient (Wildman–Crippen LogP) is 3.27. The third-order valence-electron chi connectivity index (χ3n) is 4.09. The zero-order valence-corrected chi connectivity index (χ0v) is 14.2. The van der Waals surface area contributed by atoms with Gasteiger partial charge in [-0.3, -0.25) is 4.79 Å². The predicted molar refractivity (Wildman–Crippen MR) is 88.9 cm³/mol. The van der Waals surface area contributed by atoms with Gasteiger partial charge in [-0.2, -0.15) is 0 Å². The Bertz CT molecular complexity index is 410. The van der Waals surface area contributed by atoms with Gasteiger partial charge in [0.25, 0.3) is 0 Å². The lowest BCUT2D eigenvalue weighted by atomic mass is 9.91. The van der Waals surface area contributed by atoms with E-state index in [1.165, 1.54) is 37.4 Å². The van der Waals surface area contributed by atoms with E-state index in [9.17, 15) is 4.79 Å². The second kappa shape index (κ2) is 8.96. The van der Waals surface area contributed by atoms with Gasteiger partial charge in [0, 0.05) is 6.42 Å². The number of hydrogen-bond acceptors (Lipinski definition) is 3. The van der Waals surface area contributed by atoms with Crippen LogP contribution in [0.3, 0.4) is 0 Å². The molecule has 0 aliphatic carbocycles. The molecule has 0 bridgehead atoms. The van der Waals surface area contributed by atoms with Crippen LogP contribution in [0.1, 0.15) is 46.5 Å². The van der Waals surface area contributed by atoms with Gasteiger partial charge in [-0.25, -0.2) is 0 Å². The molecule has 0 amide bonds. The maximum atomic E-state index is 12.1. The monoisotopic (exact) mass is 292 g/mol. The normalized spacial score (nSPS) is 17.1. The van der Waals surface area contributed by atoms with Gasteiger partial charge >= 0.3 is 5.97 Å². The van der Waals surface area contributed by atoms with E-state index in [1.807, 2.05) is 13.8 Å². The van der Waals surface area contributed by atoms with Crippen molar-refractivity contribution < 1.29 is 14.3 Å². The maximum absolute atomic E-state index is 12.1. The molecular weight excluding hydrogens is 263 g/mol. The van der Waals surface area contributed by atoms with Crippen LogP contribution in [-0.4, -0.2) is 27.5 Å². The first-order valence-electron chi connectivity index (χ1n) is 8.12. The summed E-state index contributed by atoms with van der Waals surface area (Å²) in [6, 6.07) is 0. The van der Waals surface area contributed by atoms with Crippen molar-refractivity contribution in [1.82, 2.24) is 0 Å². The summed E-state index contributed by atoms with van der Waals surface area (Å²) in [5.74, 6) is 0.435. The molecule has 21 heavy (non-hydrogen) atoms. The molecule has 0 fully saturated rings. The fraction of sp³-hybridized carbons (Fsp3) is 0.706. The summed E-state index contributed by atoms with van der Waals surface area (Å²) in [4.78, 5) is 12.1. The van der Waals surface area contributed by atoms with Crippen LogP contribution in [0, 0.1) is 11.8 Å². The highest BCUT2D eigenvalue weighted by Gasteiger charge is 2.29. The molecule has 4 heteroatoms. The van der Waals surface area contributed by atoms with Gasteiger partial charge in [0.15, 0.2) is 0 Å². The molecule has 0 saturated carbocycles. The summed E-state index contributed by atoms with van der Waals surface area (Å²) >= 11 is 0.